The van der Waals surface area contributed by atoms with Crippen molar-refractivity contribution in [1.29, 1.82) is 0 Å². The fourth-order valence-electron chi connectivity index (χ4n) is 2.31. The number of morpholine rings is 1. The first-order chi connectivity index (χ1) is 9.95. The van der Waals surface area contributed by atoms with Crippen LogP contribution in [0.2, 0.25) is 0 Å². The molecule has 1 amide bonds. The first-order valence-electron chi connectivity index (χ1n) is 6.85. The van der Waals surface area contributed by atoms with Crippen LogP contribution in [0.15, 0.2) is 24.3 Å². The molecule has 6 heteroatoms. The van der Waals surface area contributed by atoms with Crippen LogP contribution < -0.4 is 4.74 Å². The number of carbonyl (C=O) groups is 2. The Morgan fingerprint density at radius 1 is 1.24 bits per heavy atom. The summed E-state index contributed by atoms with van der Waals surface area (Å²) in [6, 6.07) is 5.98. The second kappa shape index (κ2) is 6.58. The SMILES string of the molecule is CC1CN(C(=O)COc2ccc(C(=O)O)cc2)CC(C)O1. The third-order valence-corrected chi connectivity index (χ3v) is 3.24. The van der Waals surface area contributed by atoms with Crippen molar-refractivity contribution in [1.82, 2.24) is 4.90 Å². The number of ether oxygens (including phenoxy) is 2. The molecule has 1 fully saturated rings. The molecule has 1 N–H and O–H groups in total. The van der Waals surface area contributed by atoms with Crippen LogP contribution in [0.5, 0.6) is 5.75 Å². The van der Waals surface area contributed by atoms with E-state index in [1.165, 1.54) is 12.1 Å². The molecule has 1 saturated heterocycles. The predicted molar refractivity (Wildman–Crippen MR) is 75.5 cm³/mol. The molecule has 0 aromatic heterocycles. The number of hydrogen-bond acceptors (Lipinski definition) is 4. The van der Waals surface area contributed by atoms with Gasteiger partial charge < -0.3 is 19.5 Å². The van der Waals surface area contributed by atoms with Gasteiger partial charge in [0.1, 0.15) is 5.75 Å². The summed E-state index contributed by atoms with van der Waals surface area (Å²) in [5.74, 6) is -0.615. The van der Waals surface area contributed by atoms with Gasteiger partial charge in [0.25, 0.3) is 5.91 Å². The summed E-state index contributed by atoms with van der Waals surface area (Å²) in [5, 5.41) is 8.80. The first-order valence-corrected chi connectivity index (χ1v) is 6.85. The van der Waals surface area contributed by atoms with Gasteiger partial charge in [0.15, 0.2) is 6.61 Å². The Balaban J connectivity index is 1.87. The highest BCUT2D eigenvalue weighted by Crippen LogP contribution is 2.14. The van der Waals surface area contributed by atoms with Crippen LogP contribution in [-0.4, -0.2) is 53.8 Å². The Morgan fingerprint density at radius 2 is 1.81 bits per heavy atom. The Kier molecular flexibility index (Phi) is 4.80. The van der Waals surface area contributed by atoms with Crippen molar-refractivity contribution >= 4 is 11.9 Å². The van der Waals surface area contributed by atoms with Crippen LogP contribution in [0, 0.1) is 0 Å². The van der Waals surface area contributed by atoms with Crippen LogP contribution in [0.1, 0.15) is 24.2 Å². The van der Waals surface area contributed by atoms with Crippen LogP contribution >= 0.6 is 0 Å². The third-order valence-electron chi connectivity index (χ3n) is 3.24. The van der Waals surface area contributed by atoms with E-state index in [1.54, 1.807) is 17.0 Å². The molecule has 0 radical (unpaired) electrons. The van der Waals surface area contributed by atoms with Gasteiger partial charge in [-0.05, 0) is 38.1 Å². The van der Waals surface area contributed by atoms with Gasteiger partial charge in [-0.15, -0.1) is 0 Å². The zero-order valence-corrected chi connectivity index (χ0v) is 12.1. The minimum absolute atomic E-state index is 0.0209. The summed E-state index contributed by atoms with van der Waals surface area (Å²) in [7, 11) is 0. The van der Waals surface area contributed by atoms with Gasteiger partial charge in [-0.25, -0.2) is 4.79 Å². The monoisotopic (exact) mass is 293 g/mol. The van der Waals surface area contributed by atoms with E-state index in [0.29, 0.717) is 18.8 Å². The van der Waals surface area contributed by atoms with Gasteiger partial charge in [0, 0.05) is 13.1 Å². The normalized spacial score (nSPS) is 21.9. The molecule has 6 nitrogen and oxygen atoms in total. The molecule has 1 aromatic carbocycles. The Morgan fingerprint density at radius 3 is 2.33 bits per heavy atom. The molecular formula is C15H19NO5. The van der Waals surface area contributed by atoms with Crippen LogP contribution in [-0.2, 0) is 9.53 Å². The highest BCUT2D eigenvalue weighted by Gasteiger charge is 2.25. The molecule has 1 aromatic rings. The van der Waals surface area contributed by atoms with Crippen molar-refractivity contribution in [3.8, 4) is 5.75 Å². The summed E-state index contributed by atoms with van der Waals surface area (Å²) < 4.78 is 11.0. The quantitative estimate of drug-likeness (QED) is 0.908. The molecule has 1 aliphatic heterocycles. The molecule has 0 spiro atoms. The lowest BCUT2D eigenvalue weighted by atomic mass is 10.2. The first kappa shape index (κ1) is 15.3. The molecule has 0 bridgehead atoms. The largest absolute Gasteiger partial charge is 0.484 e. The second-order valence-electron chi connectivity index (χ2n) is 5.17. The third kappa shape index (κ3) is 4.19. The van der Waals surface area contributed by atoms with Gasteiger partial charge in [-0.3, -0.25) is 4.79 Å². The second-order valence-corrected chi connectivity index (χ2v) is 5.17. The van der Waals surface area contributed by atoms with Crippen molar-refractivity contribution < 1.29 is 24.2 Å². The minimum Gasteiger partial charge on any atom is -0.484 e. The summed E-state index contributed by atoms with van der Waals surface area (Å²) in [6.07, 6.45) is 0.0418. The van der Waals surface area contributed by atoms with Gasteiger partial charge in [0.2, 0.25) is 0 Å². The molecule has 2 unspecified atom stereocenters. The average Bonchev–Trinajstić information content (AvgIpc) is 2.44. The Hall–Kier alpha value is -2.08. The number of rotatable bonds is 4. The van der Waals surface area contributed by atoms with Crippen molar-refractivity contribution in [2.24, 2.45) is 0 Å². The molecule has 1 aliphatic rings. The molecule has 0 saturated carbocycles. The lowest BCUT2D eigenvalue weighted by Crippen LogP contribution is -2.49. The van der Waals surface area contributed by atoms with E-state index < -0.39 is 5.97 Å². The lowest BCUT2D eigenvalue weighted by molar-refractivity contribution is -0.145. The number of carboxylic acids is 1. The number of hydrogen-bond donors (Lipinski definition) is 1. The van der Waals surface area contributed by atoms with Crippen molar-refractivity contribution in [3.63, 3.8) is 0 Å². The average molecular weight is 293 g/mol. The van der Waals surface area contributed by atoms with Gasteiger partial charge in [-0.2, -0.15) is 0 Å². The Bertz CT molecular complexity index is 503. The van der Waals surface area contributed by atoms with E-state index in [-0.39, 0.29) is 30.3 Å². The highest BCUT2D eigenvalue weighted by atomic mass is 16.5. The van der Waals surface area contributed by atoms with E-state index in [1.807, 2.05) is 13.8 Å². The maximum Gasteiger partial charge on any atom is 0.335 e. The van der Waals surface area contributed by atoms with E-state index in [0.717, 1.165) is 0 Å². The van der Waals surface area contributed by atoms with Crippen molar-refractivity contribution in [2.75, 3.05) is 19.7 Å². The molecule has 21 heavy (non-hydrogen) atoms. The van der Waals surface area contributed by atoms with Gasteiger partial charge >= 0.3 is 5.97 Å². The number of amides is 1. The zero-order chi connectivity index (χ0) is 15.4. The maximum absolute atomic E-state index is 12.1. The minimum atomic E-state index is -0.992. The number of aromatic carboxylic acids is 1. The fourth-order valence-corrected chi connectivity index (χ4v) is 2.31. The number of carbonyl (C=O) groups excluding carboxylic acids is 1. The summed E-state index contributed by atoms with van der Waals surface area (Å²) in [4.78, 5) is 24.5. The smallest absolute Gasteiger partial charge is 0.335 e. The van der Waals surface area contributed by atoms with Crippen molar-refractivity contribution in [3.05, 3.63) is 29.8 Å². The van der Waals surface area contributed by atoms with E-state index >= 15 is 0 Å². The standard InChI is InChI=1S/C15H19NO5/c1-10-7-16(8-11(2)21-10)14(17)9-20-13-5-3-12(4-6-13)15(18)19/h3-6,10-11H,7-9H2,1-2H3,(H,18,19). The fraction of sp³-hybridized carbons (Fsp3) is 0.467. The topological polar surface area (TPSA) is 76.1 Å². The molecule has 2 rings (SSSR count). The number of nitrogens with zero attached hydrogens (tertiary/aromatic N) is 1. The number of benzene rings is 1. The van der Waals surface area contributed by atoms with E-state index in [9.17, 15) is 9.59 Å². The number of carboxylic acid groups (broad SMARTS) is 1. The lowest BCUT2D eigenvalue weighted by Gasteiger charge is -2.35. The van der Waals surface area contributed by atoms with Crippen molar-refractivity contribution in [2.45, 2.75) is 26.1 Å². The molecule has 114 valence electrons. The summed E-state index contributed by atoms with van der Waals surface area (Å²) in [6.45, 7) is 4.92. The van der Waals surface area contributed by atoms with Crippen LogP contribution in [0.25, 0.3) is 0 Å². The maximum atomic E-state index is 12.1. The van der Waals surface area contributed by atoms with E-state index in [2.05, 4.69) is 0 Å². The zero-order valence-electron chi connectivity index (χ0n) is 12.1. The molecule has 0 aliphatic carbocycles. The summed E-state index contributed by atoms with van der Waals surface area (Å²) >= 11 is 0. The molecule has 2 atom stereocenters. The summed E-state index contributed by atoms with van der Waals surface area (Å²) in [5.41, 5.74) is 0.185. The Labute approximate surface area is 123 Å². The molecule has 1 heterocycles. The highest BCUT2D eigenvalue weighted by molar-refractivity contribution is 5.87. The van der Waals surface area contributed by atoms with Crippen LogP contribution in [0.3, 0.4) is 0 Å². The van der Waals surface area contributed by atoms with Crippen LogP contribution in [0.4, 0.5) is 0 Å². The predicted octanol–water partition coefficient (Wildman–Crippen LogP) is 1.40. The molecular weight excluding hydrogens is 274 g/mol. The van der Waals surface area contributed by atoms with Gasteiger partial charge in [0.05, 0.1) is 17.8 Å². The van der Waals surface area contributed by atoms with E-state index in [4.69, 9.17) is 14.6 Å². The van der Waals surface area contributed by atoms with Gasteiger partial charge in [-0.1, -0.05) is 0 Å².